The second kappa shape index (κ2) is 4.96. The highest BCUT2D eigenvalue weighted by atomic mass is 35.5. The standard InChI is InChI=1S/C6H10N2O2.ClH/c9-6(10)2-1-5-7-3-4-8-5;/h1-4H2,(H,7,8)(H,9,10);1H. The molecule has 0 atom stereocenters. The molecule has 11 heavy (non-hydrogen) atoms. The van der Waals surface area contributed by atoms with E-state index in [-0.39, 0.29) is 18.8 Å². The Hall–Kier alpha value is -0.770. The van der Waals surface area contributed by atoms with E-state index >= 15 is 0 Å². The molecule has 1 heterocycles. The van der Waals surface area contributed by atoms with E-state index in [0.29, 0.717) is 6.42 Å². The molecule has 0 aliphatic carbocycles. The van der Waals surface area contributed by atoms with Gasteiger partial charge in [-0.25, -0.2) is 0 Å². The zero-order valence-corrected chi connectivity index (χ0v) is 6.86. The molecule has 64 valence electrons. The Morgan fingerprint density at radius 3 is 2.91 bits per heavy atom. The Bertz CT molecular complexity index is 170. The molecule has 1 rings (SSSR count). The number of aliphatic carboxylic acids is 1. The van der Waals surface area contributed by atoms with Crippen LogP contribution in [0.15, 0.2) is 4.99 Å². The van der Waals surface area contributed by atoms with Crippen LogP contribution in [0.3, 0.4) is 0 Å². The summed E-state index contributed by atoms with van der Waals surface area (Å²) >= 11 is 0. The summed E-state index contributed by atoms with van der Waals surface area (Å²) in [4.78, 5) is 14.1. The van der Waals surface area contributed by atoms with Crippen LogP contribution < -0.4 is 5.32 Å². The predicted molar refractivity (Wildman–Crippen MR) is 44.4 cm³/mol. The number of carbonyl (C=O) groups is 1. The van der Waals surface area contributed by atoms with Gasteiger partial charge in [0.25, 0.3) is 0 Å². The maximum Gasteiger partial charge on any atom is 0.303 e. The Kier molecular flexibility index (Phi) is 4.61. The van der Waals surface area contributed by atoms with Gasteiger partial charge in [-0.3, -0.25) is 9.79 Å². The minimum Gasteiger partial charge on any atom is -0.481 e. The lowest BCUT2D eigenvalue weighted by molar-refractivity contribution is -0.136. The van der Waals surface area contributed by atoms with Crippen LogP contribution in [0.1, 0.15) is 12.8 Å². The molecule has 0 saturated heterocycles. The van der Waals surface area contributed by atoms with Crippen LogP contribution in [0.4, 0.5) is 0 Å². The number of hydrogen-bond donors (Lipinski definition) is 2. The first-order valence-electron chi connectivity index (χ1n) is 3.28. The SMILES string of the molecule is Cl.O=C(O)CCC1=NCCN1. The van der Waals surface area contributed by atoms with Gasteiger partial charge in [0.05, 0.1) is 18.8 Å². The van der Waals surface area contributed by atoms with Gasteiger partial charge in [0, 0.05) is 13.0 Å². The number of nitrogens with zero attached hydrogens (tertiary/aromatic N) is 1. The maximum atomic E-state index is 10.1. The smallest absolute Gasteiger partial charge is 0.303 e. The average molecular weight is 179 g/mol. The fraction of sp³-hybridized carbons (Fsp3) is 0.667. The molecule has 0 aromatic heterocycles. The Morgan fingerprint density at radius 2 is 2.45 bits per heavy atom. The van der Waals surface area contributed by atoms with Gasteiger partial charge in [-0.2, -0.15) is 0 Å². The normalized spacial score (nSPS) is 14.7. The Balaban J connectivity index is 0.000001000. The fourth-order valence-corrected chi connectivity index (χ4v) is 0.840. The first kappa shape index (κ1) is 10.2. The van der Waals surface area contributed by atoms with E-state index in [9.17, 15) is 4.79 Å². The summed E-state index contributed by atoms with van der Waals surface area (Å²) < 4.78 is 0. The van der Waals surface area contributed by atoms with Crippen molar-refractivity contribution in [1.29, 1.82) is 0 Å². The first-order chi connectivity index (χ1) is 4.79. The predicted octanol–water partition coefficient (Wildman–Crippen LogP) is 0.275. The van der Waals surface area contributed by atoms with Crippen molar-refractivity contribution >= 4 is 24.2 Å². The topological polar surface area (TPSA) is 61.7 Å². The zero-order chi connectivity index (χ0) is 7.40. The van der Waals surface area contributed by atoms with Gasteiger partial charge in [-0.15, -0.1) is 12.4 Å². The second-order valence-corrected chi connectivity index (χ2v) is 2.15. The van der Waals surface area contributed by atoms with E-state index in [0.717, 1.165) is 18.9 Å². The molecular formula is C6H11ClN2O2. The number of nitrogens with one attached hydrogen (secondary N) is 1. The summed E-state index contributed by atoms with van der Waals surface area (Å²) in [6.45, 7) is 1.64. The van der Waals surface area contributed by atoms with E-state index in [1.54, 1.807) is 0 Å². The van der Waals surface area contributed by atoms with E-state index < -0.39 is 5.97 Å². The van der Waals surface area contributed by atoms with Crippen molar-refractivity contribution < 1.29 is 9.90 Å². The van der Waals surface area contributed by atoms with Crippen molar-refractivity contribution in [3.05, 3.63) is 0 Å². The summed E-state index contributed by atoms with van der Waals surface area (Å²) in [6.07, 6.45) is 0.709. The highest BCUT2D eigenvalue weighted by Gasteiger charge is 2.06. The van der Waals surface area contributed by atoms with Gasteiger partial charge in [-0.1, -0.05) is 0 Å². The number of carboxylic acid groups (broad SMARTS) is 1. The van der Waals surface area contributed by atoms with Gasteiger partial charge < -0.3 is 10.4 Å². The molecule has 0 spiro atoms. The molecule has 0 unspecified atom stereocenters. The Labute approximate surface area is 71.1 Å². The van der Waals surface area contributed by atoms with Crippen molar-refractivity contribution in [1.82, 2.24) is 5.32 Å². The molecule has 1 aliphatic rings. The van der Waals surface area contributed by atoms with E-state index in [1.165, 1.54) is 0 Å². The van der Waals surface area contributed by atoms with Crippen molar-refractivity contribution in [3.63, 3.8) is 0 Å². The van der Waals surface area contributed by atoms with Crippen molar-refractivity contribution in [2.75, 3.05) is 13.1 Å². The van der Waals surface area contributed by atoms with Crippen LogP contribution in [-0.4, -0.2) is 30.0 Å². The lowest BCUT2D eigenvalue weighted by Crippen LogP contribution is -2.19. The lowest BCUT2D eigenvalue weighted by atomic mass is 10.3. The summed E-state index contributed by atoms with van der Waals surface area (Å²) in [7, 11) is 0. The summed E-state index contributed by atoms with van der Waals surface area (Å²) in [5.41, 5.74) is 0. The third-order valence-corrected chi connectivity index (χ3v) is 1.32. The van der Waals surface area contributed by atoms with Crippen LogP contribution in [0, 0.1) is 0 Å². The largest absolute Gasteiger partial charge is 0.481 e. The molecule has 1 aliphatic heterocycles. The molecule has 5 heteroatoms. The van der Waals surface area contributed by atoms with Crippen molar-refractivity contribution in [2.45, 2.75) is 12.8 Å². The highest BCUT2D eigenvalue weighted by Crippen LogP contribution is 1.94. The third-order valence-electron chi connectivity index (χ3n) is 1.32. The number of halogens is 1. The van der Waals surface area contributed by atoms with E-state index in [1.807, 2.05) is 0 Å². The highest BCUT2D eigenvalue weighted by molar-refractivity contribution is 5.86. The maximum absolute atomic E-state index is 10.1. The van der Waals surface area contributed by atoms with Gasteiger partial charge in [0.15, 0.2) is 0 Å². The molecule has 0 fully saturated rings. The molecule has 0 aromatic rings. The average Bonchev–Trinajstić information content (AvgIpc) is 2.34. The molecule has 0 radical (unpaired) electrons. The molecule has 0 aromatic carbocycles. The number of carboxylic acids is 1. The van der Waals surface area contributed by atoms with Crippen LogP contribution in [-0.2, 0) is 4.79 Å². The van der Waals surface area contributed by atoms with Crippen LogP contribution >= 0.6 is 12.4 Å². The minimum atomic E-state index is -0.767. The van der Waals surface area contributed by atoms with Crippen LogP contribution in [0.2, 0.25) is 0 Å². The lowest BCUT2D eigenvalue weighted by Gasteiger charge is -1.96. The molecule has 2 N–H and O–H groups in total. The van der Waals surface area contributed by atoms with E-state index in [2.05, 4.69) is 10.3 Å². The number of rotatable bonds is 3. The minimum absolute atomic E-state index is 0. The zero-order valence-electron chi connectivity index (χ0n) is 6.04. The van der Waals surface area contributed by atoms with Gasteiger partial charge in [0.1, 0.15) is 0 Å². The summed E-state index contributed by atoms with van der Waals surface area (Å²) in [5.74, 6) is 0.0683. The van der Waals surface area contributed by atoms with Gasteiger partial charge in [0.2, 0.25) is 0 Å². The molecule has 4 nitrogen and oxygen atoms in total. The number of hydrogen-bond acceptors (Lipinski definition) is 3. The fourth-order valence-electron chi connectivity index (χ4n) is 0.840. The summed E-state index contributed by atoms with van der Waals surface area (Å²) in [5, 5.41) is 11.3. The Morgan fingerprint density at radius 1 is 1.73 bits per heavy atom. The second-order valence-electron chi connectivity index (χ2n) is 2.15. The van der Waals surface area contributed by atoms with Crippen molar-refractivity contribution in [3.8, 4) is 0 Å². The molecular weight excluding hydrogens is 168 g/mol. The molecule has 0 saturated carbocycles. The van der Waals surface area contributed by atoms with Gasteiger partial charge in [-0.05, 0) is 0 Å². The molecule has 0 bridgehead atoms. The van der Waals surface area contributed by atoms with Gasteiger partial charge >= 0.3 is 5.97 Å². The number of amidine groups is 1. The molecule has 0 amide bonds. The van der Waals surface area contributed by atoms with Crippen LogP contribution in [0.5, 0.6) is 0 Å². The van der Waals surface area contributed by atoms with Crippen LogP contribution in [0.25, 0.3) is 0 Å². The van der Waals surface area contributed by atoms with Crippen molar-refractivity contribution in [2.24, 2.45) is 4.99 Å². The summed E-state index contributed by atoms with van der Waals surface area (Å²) in [6, 6.07) is 0. The first-order valence-corrected chi connectivity index (χ1v) is 3.28. The third kappa shape index (κ3) is 3.83. The number of aliphatic imine (C=N–C) groups is 1. The quantitative estimate of drug-likeness (QED) is 0.653. The monoisotopic (exact) mass is 178 g/mol. The van der Waals surface area contributed by atoms with E-state index in [4.69, 9.17) is 5.11 Å².